The van der Waals surface area contributed by atoms with Crippen LogP contribution in [-0.4, -0.2) is 28.4 Å². The van der Waals surface area contributed by atoms with Crippen LogP contribution in [0.2, 0.25) is 0 Å². The number of para-hydroxylation sites is 1. The van der Waals surface area contributed by atoms with Crippen molar-refractivity contribution in [2.75, 3.05) is 11.9 Å². The van der Waals surface area contributed by atoms with E-state index < -0.39 is 5.91 Å². The molecule has 0 fully saturated rings. The van der Waals surface area contributed by atoms with Crippen LogP contribution in [0.15, 0.2) is 60.9 Å². The Morgan fingerprint density at radius 1 is 1.00 bits per heavy atom. The maximum absolute atomic E-state index is 12.8. The predicted octanol–water partition coefficient (Wildman–Crippen LogP) is 3.37. The highest BCUT2D eigenvalue weighted by atomic mass is 16.5. The van der Waals surface area contributed by atoms with Gasteiger partial charge in [0.05, 0.1) is 17.9 Å². The highest BCUT2D eigenvalue weighted by molar-refractivity contribution is 6.09. The molecule has 0 bridgehead atoms. The van der Waals surface area contributed by atoms with Crippen molar-refractivity contribution in [3.05, 3.63) is 83.3 Å². The average Bonchev–Trinajstić information content (AvgIpc) is 2.73. The number of aryl methyl sites for hydroxylation is 1. The van der Waals surface area contributed by atoms with Crippen molar-refractivity contribution in [2.24, 2.45) is 0 Å². The number of carbonyl (C=O) groups excluding carboxylic acids is 2. The van der Waals surface area contributed by atoms with E-state index in [-0.39, 0.29) is 11.8 Å². The Morgan fingerprint density at radius 3 is 2.59 bits per heavy atom. The molecule has 0 atom stereocenters. The van der Waals surface area contributed by atoms with Gasteiger partial charge >= 0.3 is 0 Å². The van der Waals surface area contributed by atoms with Crippen LogP contribution >= 0.6 is 0 Å². The maximum atomic E-state index is 12.8. The molecule has 2 amide bonds. The van der Waals surface area contributed by atoms with Gasteiger partial charge in [-0.25, -0.2) is 4.98 Å². The zero-order valence-electron chi connectivity index (χ0n) is 16.3. The molecule has 0 spiro atoms. The third-order valence-corrected chi connectivity index (χ3v) is 4.12. The lowest BCUT2D eigenvalue weighted by Crippen LogP contribution is -2.25. The van der Waals surface area contributed by atoms with Crippen molar-refractivity contribution in [3.8, 4) is 5.88 Å². The zero-order valence-corrected chi connectivity index (χ0v) is 16.3. The van der Waals surface area contributed by atoms with Crippen LogP contribution in [0.1, 0.15) is 38.9 Å². The number of pyridine rings is 2. The zero-order chi connectivity index (χ0) is 20.6. The van der Waals surface area contributed by atoms with E-state index in [9.17, 15) is 9.59 Å². The summed E-state index contributed by atoms with van der Waals surface area (Å²) in [5.74, 6) is -0.422. The number of aromatic nitrogens is 2. The molecule has 2 aromatic heterocycles. The number of ether oxygens (including phenoxy) is 1. The summed E-state index contributed by atoms with van der Waals surface area (Å²) in [6.45, 7) is 4.38. The second-order valence-corrected chi connectivity index (χ2v) is 6.28. The topological polar surface area (TPSA) is 93.2 Å². The minimum Gasteiger partial charge on any atom is -0.477 e. The lowest BCUT2D eigenvalue weighted by molar-refractivity contribution is 0.0951. The van der Waals surface area contributed by atoms with Gasteiger partial charge in [0.25, 0.3) is 11.8 Å². The number of nitrogens with zero attached hydrogens (tertiary/aromatic N) is 2. The third kappa shape index (κ3) is 5.16. The van der Waals surface area contributed by atoms with E-state index in [0.29, 0.717) is 30.0 Å². The number of hydrogen-bond acceptors (Lipinski definition) is 5. The monoisotopic (exact) mass is 390 g/mol. The van der Waals surface area contributed by atoms with Crippen molar-refractivity contribution in [1.29, 1.82) is 0 Å². The predicted molar refractivity (Wildman–Crippen MR) is 110 cm³/mol. The molecule has 0 aliphatic heterocycles. The molecule has 7 nitrogen and oxygen atoms in total. The third-order valence-electron chi connectivity index (χ3n) is 4.12. The van der Waals surface area contributed by atoms with Gasteiger partial charge in [-0.3, -0.25) is 14.6 Å². The molecule has 1 aromatic carbocycles. The van der Waals surface area contributed by atoms with Gasteiger partial charge in [0.1, 0.15) is 5.56 Å². The molecule has 0 saturated heterocycles. The van der Waals surface area contributed by atoms with Gasteiger partial charge in [0.2, 0.25) is 5.88 Å². The van der Waals surface area contributed by atoms with E-state index in [1.165, 1.54) is 0 Å². The molecular weight excluding hydrogens is 368 g/mol. The fourth-order valence-electron chi connectivity index (χ4n) is 2.71. The van der Waals surface area contributed by atoms with Crippen molar-refractivity contribution in [3.63, 3.8) is 0 Å². The number of anilines is 1. The number of nitrogens with one attached hydrogen (secondary N) is 2. The van der Waals surface area contributed by atoms with Crippen molar-refractivity contribution in [2.45, 2.75) is 20.4 Å². The number of carbonyl (C=O) groups is 2. The molecule has 0 saturated carbocycles. The van der Waals surface area contributed by atoms with E-state index in [1.54, 1.807) is 54.9 Å². The average molecular weight is 390 g/mol. The normalized spacial score (nSPS) is 10.3. The maximum Gasteiger partial charge on any atom is 0.261 e. The van der Waals surface area contributed by atoms with E-state index in [4.69, 9.17) is 4.74 Å². The molecule has 7 heteroatoms. The Hall–Kier alpha value is -3.74. The van der Waals surface area contributed by atoms with Crippen LogP contribution < -0.4 is 15.4 Å². The summed E-state index contributed by atoms with van der Waals surface area (Å²) < 4.78 is 5.48. The van der Waals surface area contributed by atoms with E-state index in [2.05, 4.69) is 20.6 Å². The summed E-state index contributed by atoms with van der Waals surface area (Å²) in [5.41, 5.74) is 2.71. The number of amides is 2. The minimum absolute atomic E-state index is 0.267. The lowest BCUT2D eigenvalue weighted by Gasteiger charge is -2.13. The quantitative estimate of drug-likeness (QED) is 0.645. The largest absolute Gasteiger partial charge is 0.477 e. The summed E-state index contributed by atoms with van der Waals surface area (Å²) in [4.78, 5) is 33.8. The first-order valence-corrected chi connectivity index (χ1v) is 9.26. The van der Waals surface area contributed by atoms with Crippen LogP contribution in [0, 0.1) is 6.92 Å². The van der Waals surface area contributed by atoms with Crippen molar-refractivity contribution < 1.29 is 14.3 Å². The van der Waals surface area contributed by atoms with Gasteiger partial charge in [0.15, 0.2) is 0 Å². The Kier molecular flexibility index (Phi) is 6.52. The first-order valence-electron chi connectivity index (χ1n) is 9.26. The van der Waals surface area contributed by atoms with Crippen LogP contribution in [-0.2, 0) is 6.54 Å². The molecule has 0 aliphatic rings. The highest BCUT2D eigenvalue weighted by Crippen LogP contribution is 2.21. The van der Waals surface area contributed by atoms with Gasteiger partial charge in [-0.2, -0.15) is 0 Å². The molecule has 3 aromatic rings. The second kappa shape index (κ2) is 9.45. The number of hydrogen-bond donors (Lipinski definition) is 2. The number of benzene rings is 1. The Morgan fingerprint density at radius 2 is 1.83 bits per heavy atom. The smallest absolute Gasteiger partial charge is 0.261 e. The van der Waals surface area contributed by atoms with Crippen LogP contribution in [0.3, 0.4) is 0 Å². The van der Waals surface area contributed by atoms with Crippen LogP contribution in [0.25, 0.3) is 0 Å². The van der Waals surface area contributed by atoms with Gasteiger partial charge in [-0.1, -0.05) is 18.2 Å². The molecule has 148 valence electrons. The fraction of sp³-hybridized carbons (Fsp3) is 0.182. The highest BCUT2D eigenvalue weighted by Gasteiger charge is 2.18. The molecule has 3 rings (SSSR count). The van der Waals surface area contributed by atoms with Crippen molar-refractivity contribution >= 4 is 17.5 Å². The SMILES string of the molecule is CCOc1nc(C)ccc1C(=O)Nc1ccccc1C(=O)NCc1cccnc1. The molecular formula is C22H22N4O3. The first-order chi connectivity index (χ1) is 14.1. The first kappa shape index (κ1) is 20.0. The second-order valence-electron chi connectivity index (χ2n) is 6.28. The van der Waals surface area contributed by atoms with Crippen LogP contribution in [0.5, 0.6) is 5.88 Å². The molecule has 0 aliphatic carbocycles. The van der Waals surface area contributed by atoms with Gasteiger partial charge in [-0.05, 0) is 49.7 Å². The number of rotatable bonds is 7. The van der Waals surface area contributed by atoms with Crippen molar-refractivity contribution in [1.82, 2.24) is 15.3 Å². The molecule has 29 heavy (non-hydrogen) atoms. The summed E-state index contributed by atoms with van der Waals surface area (Å²) in [6, 6.07) is 13.9. The lowest BCUT2D eigenvalue weighted by atomic mass is 10.1. The Balaban J connectivity index is 1.77. The minimum atomic E-state index is -0.395. The van der Waals surface area contributed by atoms with E-state index in [1.807, 2.05) is 19.9 Å². The van der Waals surface area contributed by atoms with Crippen LogP contribution in [0.4, 0.5) is 5.69 Å². The van der Waals surface area contributed by atoms with E-state index >= 15 is 0 Å². The molecule has 0 radical (unpaired) electrons. The van der Waals surface area contributed by atoms with Gasteiger partial charge in [0, 0.05) is 24.6 Å². The van der Waals surface area contributed by atoms with E-state index in [0.717, 1.165) is 11.3 Å². The summed E-state index contributed by atoms with van der Waals surface area (Å²) in [7, 11) is 0. The van der Waals surface area contributed by atoms with Gasteiger partial charge < -0.3 is 15.4 Å². The molecule has 0 unspecified atom stereocenters. The summed E-state index contributed by atoms with van der Waals surface area (Å²) in [5, 5.41) is 5.63. The summed E-state index contributed by atoms with van der Waals surface area (Å²) >= 11 is 0. The van der Waals surface area contributed by atoms with Gasteiger partial charge in [-0.15, -0.1) is 0 Å². The molecule has 2 heterocycles. The summed E-state index contributed by atoms with van der Waals surface area (Å²) in [6.07, 6.45) is 3.36. The Labute approximate surface area is 169 Å². The molecule has 2 N–H and O–H groups in total. The standard InChI is InChI=1S/C22H22N4O3/c1-3-29-22-18(11-10-15(2)25-22)21(28)26-19-9-5-4-8-17(19)20(27)24-14-16-7-6-12-23-13-16/h4-13H,3,14H2,1-2H3,(H,24,27)(H,26,28). The Bertz CT molecular complexity index is 1010. The fourth-order valence-corrected chi connectivity index (χ4v) is 2.71.